The van der Waals surface area contributed by atoms with Gasteiger partial charge in [-0.05, 0) is 13.8 Å². The smallest absolute Gasteiger partial charge is 0.231 e. The molecule has 0 spiro atoms. The van der Waals surface area contributed by atoms with E-state index in [2.05, 4.69) is 19.2 Å². The van der Waals surface area contributed by atoms with Crippen LogP contribution in [0, 0.1) is 0 Å². The summed E-state index contributed by atoms with van der Waals surface area (Å²) in [6.07, 6.45) is 0. The van der Waals surface area contributed by atoms with Crippen LogP contribution in [0.3, 0.4) is 0 Å². The third-order valence-electron chi connectivity index (χ3n) is 1.91. The standard InChI is InChI=1S/C10H12ClNO2/c1-6(2)12-8-4-10-9(3-7(8)11)13-5-14-10/h3-4,6,12H,5H2,1-2H3. The lowest BCUT2D eigenvalue weighted by Gasteiger charge is -2.12. The number of fused-ring (bicyclic) bond motifs is 1. The second-order valence-electron chi connectivity index (χ2n) is 3.48. The van der Waals surface area contributed by atoms with Crippen LogP contribution in [0.25, 0.3) is 0 Å². The zero-order chi connectivity index (χ0) is 10.1. The van der Waals surface area contributed by atoms with Crippen molar-refractivity contribution >= 4 is 17.3 Å². The van der Waals surface area contributed by atoms with Gasteiger partial charge >= 0.3 is 0 Å². The molecule has 4 heteroatoms. The van der Waals surface area contributed by atoms with Gasteiger partial charge in [-0.2, -0.15) is 0 Å². The van der Waals surface area contributed by atoms with Crippen molar-refractivity contribution < 1.29 is 9.47 Å². The van der Waals surface area contributed by atoms with Crippen LogP contribution in [0.15, 0.2) is 12.1 Å². The average Bonchev–Trinajstić information content (AvgIpc) is 2.51. The molecule has 0 aromatic heterocycles. The first-order valence-electron chi connectivity index (χ1n) is 4.52. The molecule has 1 aromatic rings. The van der Waals surface area contributed by atoms with Crippen LogP contribution in [-0.2, 0) is 0 Å². The molecule has 0 aliphatic carbocycles. The van der Waals surface area contributed by atoms with Gasteiger partial charge < -0.3 is 14.8 Å². The monoisotopic (exact) mass is 213 g/mol. The number of ether oxygens (including phenoxy) is 2. The predicted molar refractivity (Wildman–Crippen MR) is 56.3 cm³/mol. The number of hydrogen-bond acceptors (Lipinski definition) is 3. The molecule has 0 unspecified atom stereocenters. The van der Waals surface area contributed by atoms with Crippen LogP contribution in [-0.4, -0.2) is 12.8 Å². The average molecular weight is 214 g/mol. The van der Waals surface area contributed by atoms with E-state index >= 15 is 0 Å². The maximum atomic E-state index is 6.05. The number of rotatable bonds is 2. The van der Waals surface area contributed by atoms with Crippen molar-refractivity contribution in [2.45, 2.75) is 19.9 Å². The van der Waals surface area contributed by atoms with Crippen LogP contribution in [0.4, 0.5) is 5.69 Å². The van der Waals surface area contributed by atoms with E-state index in [-0.39, 0.29) is 6.79 Å². The van der Waals surface area contributed by atoms with E-state index in [0.717, 1.165) is 11.4 Å². The minimum absolute atomic E-state index is 0.275. The zero-order valence-corrected chi connectivity index (χ0v) is 8.89. The molecule has 0 fully saturated rings. The number of nitrogens with one attached hydrogen (secondary N) is 1. The molecular weight excluding hydrogens is 202 g/mol. The van der Waals surface area contributed by atoms with E-state index in [4.69, 9.17) is 21.1 Å². The Labute approximate surface area is 88.0 Å². The highest BCUT2D eigenvalue weighted by molar-refractivity contribution is 6.33. The summed E-state index contributed by atoms with van der Waals surface area (Å²) in [5, 5.41) is 3.89. The van der Waals surface area contributed by atoms with Crippen molar-refractivity contribution in [3.05, 3.63) is 17.2 Å². The lowest BCUT2D eigenvalue weighted by atomic mass is 10.2. The summed E-state index contributed by atoms with van der Waals surface area (Å²) in [5.41, 5.74) is 0.880. The number of benzene rings is 1. The number of hydrogen-bond donors (Lipinski definition) is 1. The molecular formula is C10H12ClNO2. The fraction of sp³-hybridized carbons (Fsp3) is 0.400. The van der Waals surface area contributed by atoms with Crippen LogP contribution in [0.1, 0.15) is 13.8 Å². The molecule has 0 atom stereocenters. The molecule has 1 aliphatic heterocycles. The van der Waals surface area contributed by atoms with Crippen molar-refractivity contribution in [1.29, 1.82) is 0 Å². The van der Waals surface area contributed by atoms with Gasteiger partial charge in [0.05, 0.1) is 10.7 Å². The molecule has 0 saturated heterocycles. The van der Waals surface area contributed by atoms with Crippen molar-refractivity contribution in [2.24, 2.45) is 0 Å². The van der Waals surface area contributed by atoms with Gasteiger partial charge in [0.1, 0.15) is 0 Å². The third kappa shape index (κ3) is 1.73. The number of halogens is 1. The summed E-state index contributed by atoms with van der Waals surface area (Å²) in [5.74, 6) is 1.46. The Morgan fingerprint density at radius 2 is 1.93 bits per heavy atom. The quantitative estimate of drug-likeness (QED) is 0.820. The second-order valence-corrected chi connectivity index (χ2v) is 3.89. The highest BCUT2D eigenvalue weighted by Crippen LogP contribution is 2.39. The van der Waals surface area contributed by atoms with E-state index in [1.165, 1.54) is 0 Å². The minimum atomic E-state index is 0.275. The van der Waals surface area contributed by atoms with E-state index < -0.39 is 0 Å². The Bertz CT molecular complexity index is 352. The first-order chi connectivity index (χ1) is 6.66. The van der Waals surface area contributed by atoms with Gasteiger partial charge in [0, 0.05) is 18.2 Å². The highest BCUT2D eigenvalue weighted by atomic mass is 35.5. The molecule has 0 amide bonds. The Morgan fingerprint density at radius 3 is 2.57 bits per heavy atom. The van der Waals surface area contributed by atoms with Crippen molar-refractivity contribution in [1.82, 2.24) is 0 Å². The van der Waals surface area contributed by atoms with Gasteiger partial charge in [0.25, 0.3) is 0 Å². The molecule has 0 radical (unpaired) electrons. The Hall–Kier alpha value is -1.09. The molecule has 0 bridgehead atoms. The molecule has 14 heavy (non-hydrogen) atoms. The SMILES string of the molecule is CC(C)Nc1cc2c(cc1Cl)OCO2. The fourth-order valence-electron chi connectivity index (χ4n) is 1.34. The second kappa shape index (κ2) is 3.58. The van der Waals surface area contributed by atoms with Gasteiger partial charge in [-0.1, -0.05) is 11.6 Å². The first kappa shape index (κ1) is 9.46. The summed E-state index contributed by atoms with van der Waals surface area (Å²) in [7, 11) is 0. The van der Waals surface area contributed by atoms with Crippen LogP contribution in [0.5, 0.6) is 11.5 Å². The number of anilines is 1. The summed E-state index contributed by atoms with van der Waals surface area (Å²) in [6.45, 7) is 4.39. The Kier molecular flexibility index (Phi) is 2.42. The van der Waals surface area contributed by atoms with E-state index in [1.807, 2.05) is 6.07 Å². The van der Waals surface area contributed by atoms with Crippen molar-refractivity contribution in [3.63, 3.8) is 0 Å². The van der Waals surface area contributed by atoms with Crippen LogP contribution < -0.4 is 14.8 Å². The molecule has 1 aliphatic rings. The fourth-order valence-corrected chi connectivity index (χ4v) is 1.55. The van der Waals surface area contributed by atoms with Crippen molar-refractivity contribution in [2.75, 3.05) is 12.1 Å². The summed E-state index contributed by atoms with van der Waals surface area (Å²) >= 11 is 6.05. The van der Waals surface area contributed by atoms with Gasteiger partial charge in [0.15, 0.2) is 11.5 Å². The summed E-state index contributed by atoms with van der Waals surface area (Å²) < 4.78 is 10.5. The van der Waals surface area contributed by atoms with Crippen LogP contribution >= 0.6 is 11.6 Å². The largest absolute Gasteiger partial charge is 0.454 e. The lowest BCUT2D eigenvalue weighted by Crippen LogP contribution is -2.09. The van der Waals surface area contributed by atoms with E-state index in [9.17, 15) is 0 Å². The van der Waals surface area contributed by atoms with Gasteiger partial charge in [-0.15, -0.1) is 0 Å². The Morgan fingerprint density at radius 1 is 1.29 bits per heavy atom. The molecule has 1 N–H and O–H groups in total. The van der Waals surface area contributed by atoms with Gasteiger partial charge in [-0.3, -0.25) is 0 Å². The predicted octanol–water partition coefficient (Wildman–Crippen LogP) is 2.89. The maximum absolute atomic E-state index is 6.05. The summed E-state index contributed by atoms with van der Waals surface area (Å²) in [6, 6.07) is 3.98. The first-order valence-corrected chi connectivity index (χ1v) is 4.90. The molecule has 76 valence electrons. The maximum Gasteiger partial charge on any atom is 0.231 e. The lowest BCUT2D eigenvalue weighted by molar-refractivity contribution is 0.174. The zero-order valence-electron chi connectivity index (χ0n) is 8.13. The van der Waals surface area contributed by atoms with Gasteiger partial charge in [-0.25, -0.2) is 0 Å². The normalized spacial score (nSPS) is 13.4. The van der Waals surface area contributed by atoms with Gasteiger partial charge in [0.2, 0.25) is 6.79 Å². The molecule has 0 saturated carbocycles. The van der Waals surface area contributed by atoms with Crippen LogP contribution in [0.2, 0.25) is 5.02 Å². The third-order valence-corrected chi connectivity index (χ3v) is 2.22. The molecule has 3 nitrogen and oxygen atoms in total. The minimum Gasteiger partial charge on any atom is -0.454 e. The Balaban J connectivity index is 2.32. The highest BCUT2D eigenvalue weighted by Gasteiger charge is 2.16. The molecule has 1 aromatic carbocycles. The van der Waals surface area contributed by atoms with Crippen molar-refractivity contribution in [3.8, 4) is 11.5 Å². The summed E-state index contributed by atoms with van der Waals surface area (Å²) in [4.78, 5) is 0. The van der Waals surface area contributed by atoms with E-state index in [0.29, 0.717) is 16.8 Å². The van der Waals surface area contributed by atoms with E-state index in [1.54, 1.807) is 6.07 Å². The topological polar surface area (TPSA) is 30.5 Å². The molecule has 2 rings (SSSR count). The molecule has 1 heterocycles.